The Morgan fingerprint density at radius 2 is 2.05 bits per heavy atom. The van der Waals surface area contributed by atoms with Crippen molar-refractivity contribution in [3.63, 3.8) is 0 Å². The highest BCUT2D eigenvalue weighted by Gasteiger charge is 2.58. The number of nitrogens with one attached hydrogen (secondary N) is 1. The number of amides is 1. The van der Waals surface area contributed by atoms with Crippen molar-refractivity contribution in [1.82, 2.24) is 5.32 Å². The van der Waals surface area contributed by atoms with Gasteiger partial charge in [0.25, 0.3) is 0 Å². The van der Waals surface area contributed by atoms with Crippen molar-refractivity contribution in [2.75, 3.05) is 6.61 Å². The Balaban J connectivity index is 3.35. The number of nitrogens with two attached hydrogens (primary N) is 1. The summed E-state index contributed by atoms with van der Waals surface area (Å²) >= 11 is 0. The molecule has 22 heavy (non-hydrogen) atoms. The molecule has 1 heterocycles. The molecule has 0 aromatic heterocycles. The third-order valence-electron chi connectivity index (χ3n) is 2.99. The Bertz CT molecular complexity index is 501. The number of aliphatic hydroxyl groups excluding tert-OH is 3. The quantitative estimate of drug-likeness (QED) is 0.323. The largest absolute Gasteiger partial charge is 0.477 e. The summed E-state index contributed by atoms with van der Waals surface area (Å²) < 4.78 is 32.4. The molecule has 11 heteroatoms. The van der Waals surface area contributed by atoms with Crippen LogP contribution in [-0.4, -0.2) is 69.2 Å². The minimum atomic E-state index is -3.92. The molecule has 0 fully saturated rings. The van der Waals surface area contributed by atoms with Crippen LogP contribution in [0.1, 0.15) is 6.92 Å². The first-order valence-corrected chi connectivity index (χ1v) is 6.04. The molecule has 5 atom stereocenters. The van der Waals surface area contributed by atoms with E-state index in [2.05, 4.69) is 4.74 Å². The van der Waals surface area contributed by atoms with Crippen LogP contribution in [0.4, 0.5) is 8.78 Å². The van der Waals surface area contributed by atoms with Gasteiger partial charge in [-0.1, -0.05) is 0 Å². The van der Waals surface area contributed by atoms with Crippen LogP contribution in [-0.2, 0) is 14.3 Å². The summed E-state index contributed by atoms with van der Waals surface area (Å²) in [5, 5.41) is 38.7. The Morgan fingerprint density at radius 1 is 1.50 bits per heavy atom. The Morgan fingerprint density at radius 3 is 2.45 bits per heavy atom. The third kappa shape index (κ3) is 3.16. The molecule has 7 N–H and O–H groups in total. The fourth-order valence-electron chi connectivity index (χ4n) is 1.85. The molecule has 1 amide bonds. The molecule has 0 aliphatic carbocycles. The first kappa shape index (κ1) is 18.2. The first-order chi connectivity index (χ1) is 10.1. The molecule has 0 radical (unpaired) electrons. The summed E-state index contributed by atoms with van der Waals surface area (Å²) in [4.78, 5) is 22.0. The maximum Gasteiger partial charge on any atom is 0.373 e. The lowest BCUT2D eigenvalue weighted by Crippen LogP contribution is -2.60. The summed E-state index contributed by atoms with van der Waals surface area (Å²) in [5.41, 5.74) is 3.66. The Kier molecular flexibility index (Phi) is 5.40. The monoisotopic (exact) mass is 326 g/mol. The zero-order valence-electron chi connectivity index (χ0n) is 11.4. The number of hydrogen-bond acceptors (Lipinski definition) is 7. The zero-order valence-corrected chi connectivity index (χ0v) is 11.4. The van der Waals surface area contributed by atoms with Gasteiger partial charge in [0.1, 0.15) is 18.3 Å². The topological polar surface area (TPSA) is 162 Å². The lowest BCUT2D eigenvalue weighted by atomic mass is 9.96. The van der Waals surface area contributed by atoms with Crippen molar-refractivity contribution < 1.29 is 43.5 Å². The standard InChI is InChI=1S/C11H16F2N2O7/c1-3(17)15-6-5(14)9(12)11(13,10(20)21)22-8(6)7(19)4(18)2-16/h4,7-9,16,18-19H,2,14H2,1H3,(H,15,17)(H,20,21)/t4-,7-,8?,9?,11-/m1/s1. The number of alkyl halides is 2. The number of carbonyl (C=O) groups is 2. The molecule has 1 rings (SSSR count). The smallest absolute Gasteiger partial charge is 0.373 e. The number of aliphatic hydroxyl groups is 3. The van der Waals surface area contributed by atoms with Crippen LogP contribution >= 0.6 is 0 Å². The molecule has 0 aromatic rings. The minimum absolute atomic E-state index is 0.630. The molecule has 126 valence electrons. The van der Waals surface area contributed by atoms with Gasteiger partial charge < -0.3 is 36.2 Å². The van der Waals surface area contributed by atoms with Gasteiger partial charge in [-0.15, -0.1) is 0 Å². The summed E-state index contributed by atoms with van der Waals surface area (Å²) in [6, 6.07) is 0. The van der Waals surface area contributed by atoms with Gasteiger partial charge in [0.2, 0.25) is 12.1 Å². The van der Waals surface area contributed by atoms with E-state index in [1.165, 1.54) is 0 Å². The van der Waals surface area contributed by atoms with Crippen LogP contribution in [0.5, 0.6) is 0 Å². The number of ether oxygens (including phenoxy) is 1. The van der Waals surface area contributed by atoms with Gasteiger partial charge in [0.15, 0.2) is 0 Å². The van der Waals surface area contributed by atoms with Gasteiger partial charge in [-0.3, -0.25) is 4.79 Å². The number of halogens is 2. The van der Waals surface area contributed by atoms with Crippen LogP contribution in [0, 0.1) is 0 Å². The van der Waals surface area contributed by atoms with Crippen molar-refractivity contribution in [2.45, 2.75) is 37.3 Å². The van der Waals surface area contributed by atoms with Crippen LogP contribution in [0.15, 0.2) is 11.4 Å². The highest BCUT2D eigenvalue weighted by atomic mass is 19.2. The Labute approximate surface area is 123 Å². The molecule has 0 spiro atoms. The van der Waals surface area contributed by atoms with Crippen molar-refractivity contribution in [2.24, 2.45) is 5.73 Å². The molecule has 9 nitrogen and oxygen atoms in total. The van der Waals surface area contributed by atoms with Gasteiger partial charge in [-0.2, -0.15) is 4.39 Å². The highest BCUT2D eigenvalue weighted by molar-refractivity contribution is 5.79. The molecule has 1 aliphatic heterocycles. The second-order valence-corrected chi connectivity index (χ2v) is 4.64. The van der Waals surface area contributed by atoms with E-state index in [-0.39, 0.29) is 0 Å². The molecule has 0 saturated carbocycles. The fraction of sp³-hybridized carbons (Fsp3) is 0.636. The van der Waals surface area contributed by atoms with Crippen LogP contribution in [0.25, 0.3) is 0 Å². The predicted octanol–water partition coefficient (Wildman–Crippen LogP) is -2.51. The van der Waals surface area contributed by atoms with E-state index in [1.807, 2.05) is 5.32 Å². The number of aliphatic carboxylic acids is 1. The lowest BCUT2D eigenvalue weighted by molar-refractivity contribution is -0.244. The first-order valence-electron chi connectivity index (χ1n) is 6.04. The number of carboxylic acid groups (broad SMARTS) is 1. The molecule has 0 aromatic carbocycles. The second-order valence-electron chi connectivity index (χ2n) is 4.64. The average molecular weight is 326 g/mol. The van der Waals surface area contributed by atoms with Crippen LogP contribution in [0.3, 0.4) is 0 Å². The maximum atomic E-state index is 14.1. The lowest BCUT2D eigenvalue weighted by Gasteiger charge is -2.39. The molecule has 0 bridgehead atoms. The van der Waals surface area contributed by atoms with E-state index in [4.69, 9.17) is 15.9 Å². The third-order valence-corrected chi connectivity index (χ3v) is 2.99. The SMILES string of the molecule is CC(=O)NC1=C(N)C(F)[C@](F)(C(=O)O)OC1[C@H](O)[C@H](O)CO. The number of rotatable bonds is 5. The van der Waals surface area contributed by atoms with Gasteiger partial charge in [-0.25, -0.2) is 9.18 Å². The summed E-state index contributed by atoms with van der Waals surface area (Å²) in [6.07, 6.45) is -8.93. The van der Waals surface area contributed by atoms with Crippen molar-refractivity contribution in [1.29, 1.82) is 0 Å². The number of carboxylic acids is 1. The second kappa shape index (κ2) is 6.52. The fourth-order valence-corrected chi connectivity index (χ4v) is 1.85. The van der Waals surface area contributed by atoms with E-state index in [0.29, 0.717) is 0 Å². The zero-order chi connectivity index (χ0) is 17.2. The van der Waals surface area contributed by atoms with E-state index in [9.17, 15) is 28.6 Å². The van der Waals surface area contributed by atoms with Crippen molar-refractivity contribution in [3.8, 4) is 0 Å². The van der Waals surface area contributed by atoms with Gasteiger partial charge in [0.05, 0.1) is 18.0 Å². The van der Waals surface area contributed by atoms with Gasteiger partial charge >= 0.3 is 11.8 Å². The van der Waals surface area contributed by atoms with E-state index >= 15 is 0 Å². The summed E-state index contributed by atoms with van der Waals surface area (Å²) in [5.74, 6) is -7.06. The Hall–Kier alpha value is -1.82. The molecule has 1 aliphatic rings. The van der Waals surface area contributed by atoms with E-state index < -0.39 is 60.2 Å². The highest BCUT2D eigenvalue weighted by Crippen LogP contribution is 2.36. The van der Waals surface area contributed by atoms with Crippen LogP contribution < -0.4 is 11.1 Å². The molecular weight excluding hydrogens is 310 g/mol. The maximum absolute atomic E-state index is 14.1. The van der Waals surface area contributed by atoms with Crippen LogP contribution in [0.2, 0.25) is 0 Å². The van der Waals surface area contributed by atoms with Gasteiger partial charge in [-0.05, 0) is 0 Å². The number of hydrogen-bond donors (Lipinski definition) is 6. The minimum Gasteiger partial charge on any atom is -0.477 e. The van der Waals surface area contributed by atoms with E-state index in [0.717, 1.165) is 6.92 Å². The van der Waals surface area contributed by atoms with Gasteiger partial charge in [0, 0.05) is 6.92 Å². The normalized spacial score (nSPS) is 31.5. The van der Waals surface area contributed by atoms with E-state index in [1.54, 1.807) is 0 Å². The molecular formula is C11H16F2N2O7. The molecule has 2 unspecified atom stereocenters. The molecule has 0 saturated heterocycles. The summed E-state index contributed by atoms with van der Waals surface area (Å²) in [6.45, 7) is 0.00756. The van der Waals surface area contributed by atoms with Crippen molar-refractivity contribution >= 4 is 11.9 Å². The number of carbonyl (C=O) groups excluding carboxylic acids is 1. The predicted molar refractivity (Wildman–Crippen MR) is 65.4 cm³/mol. The van der Waals surface area contributed by atoms with Crippen molar-refractivity contribution in [3.05, 3.63) is 11.4 Å². The summed E-state index contributed by atoms with van der Waals surface area (Å²) in [7, 11) is 0. The average Bonchev–Trinajstić information content (AvgIpc) is 2.45.